The van der Waals surface area contributed by atoms with Gasteiger partial charge >= 0.3 is 0 Å². The van der Waals surface area contributed by atoms with Crippen molar-refractivity contribution in [3.8, 4) is 5.75 Å². The summed E-state index contributed by atoms with van der Waals surface area (Å²) in [5.41, 5.74) is 4.39. The monoisotopic (exact) mass is 391 g/mol. The number of carbonyl (C=O) groups excluding carboxylic acids is 2. The Morgan fingerprint density at radius 1 is 0.897 bits per heavy atom. The number of anilines is 1. The van der Waals surface area contributed by atoms with Gasteiger partial charge in [-0.3, -0.25) is 9.59 Å². The molecule has 3 aromatic rings. The molecule has 0 aliphatic heterocycles. The van der Waals surface area contributed by atoms with Gasteiger partial charge in [-0.25, -0.2) is 9.82 Å². The number of amides is 2. The molecule has 3 rings (SSSR count). The number of hydrogen-bond acceptors (Lipinski definition) is 4. The lowest BCUT2D eigenvalue weighted by Gasteiger charge is -2.06. The fourth-order valence-corrected chi connectivity index (χ4v) is 2.51. The molecular weight excluding hydrogens is 373 g/mol. The lowest BCUT2D eigenvalue weighted by Crippen LogP contribution is -2.18. The van der Waals surface area contributed by atoms with Gasteiger partial charge in [0.25, 0.3) is 11.8 Å². The zero-order chi connectivity index (χ0) is 20.6. The number of hydrogen-bond donors (Lipinski definition) is 2. The van der Waals surface area contributed by atoms with Crippen molar-refractivity contribution in [3.63, 3.8) is 0 Å². The number of carbonyl (C=O) groups is 2. The molecule has 0 aliphatic rings. The van der Waals surface area contributed by atoms with Gasteiger partial charge in [0.1, 0.15) is 11.6 Å². The molecule has 29 heavy (non-hydrogen) atoms. The lowest BCUT2D eigenvalue weighted by atomic mass is 10.1. The fourth-order valence-electron chi connectivity index (χ4n) is 2.51. The second-order valence-corrected chi connectivity index (χ2v) is 5.98. The summed E-state index contributed by atoms with van der Waals surface area (Å²) < 4.78 is 18.1. The van der Waals surface area contributed by atoms with E-state index in [0.717, 1.165) is 5.56 Å². The Kier molecular flexibility index (Phi) is 6.32. The number of nitrogens with zero attached hydrogens (tertiary/aromatic N) is 1. The highest BCUT2D eigenvalue weighted by Crippen LogP contribution is 2.15. The molecule has 0 saturated carbocycles. The zero-order valence-electron chi connectivity index (χ0n) is 15.6. The van der Waals surface area contributed by atoms with E-state index in [2.05, 4.69) is 15.8 Å². The van der Waals surface area contributed by atoms with E-state index in [0.29, 0.717) is 22.6 Å². The van der Waals surface area contributed by atoms with Gasteiger partial charge in [-0.05, 0) is 60.7 Å². The van der Waals surface area contributed by atoms with Gasteiger partial charge in [0.05, 0.1) is 13.3 Å². The van der Waals surface area contributed by atoms with Crippen molar-refractivity contribution < 1.29 is 18.7 Å². The van der Waals surface area contributed by atoms with Gasteiger partial charge in [-0.15, -0.1) is 0 Å². The third kappa shape index (κ3) is 5.26. The summed E-state index contributed by atoms with van der Waals surface area (Å²) in [5.74, 6) is -0.534. The van der Waals surface area contributed by atoms with Crippen molar-refractivity contribution in [2.75, 3.05) is 12.4 Å². The van der Waals surface area contributed by atoms with Crippen molar-refractivity contribution in [3.05, 3.63) is 95.3 Å². The van der Waals surface area contributed by atoms with E-state index in [1.54, 1.807) is 37.4 Å². The largest absolute Gasteiger partial charge is 0.496 e. The van der Waals surface area contributed by atoms with Crippen LogP contribution < -0.4 is 15.5 Å². The maximum Gasteiger partial charge on any atom is 0.271 e. The molecule has 0 heterocycles. The number of hydrazone groups is 1. The highest BCUT2D eigenvalue weighted by atomic mass is 19.1. The van der Waals surface area contributed by atoms with Crippen LogP contribution in [0.3, 0.4) is 0 Å². The minimum atomic E-state index is -0.412. The van der Waals surface area contributed by atoms with E-state index in [4.69, 9.17) is 4.74 Å². The Morgan fingerprint density at radius 2 is 1.52 bits per heavy atom. The van der Waals surface area contributed by atoms with E-state index < -0.39 is 11.7 Å². The number of nitrogens with one attached hydrogen (secondary N) is 2. The van der Waals surface area contributed by atoms with Crippen LogP contribution in [0.1, 0.15) is 26.3 Å². The molecular formula is C22H18FN3O3. The third-order valence-electron chi connectivity index (χ3n) is 4.02. The smallest absolute Gasteiger partial charge is 0.271 e. The minimum Gasteiger partial charge on any atom is -0.496 e. The summed E-state index contributed by atoms with van der Waals surface area (Å²) in [4.78, 5) is 24.3. The minimum absolute atomic E-state index is 0.332. The second-order valence-electron chi connectivity index (χ2n) is 5.98. The average molecular weight is 391 g/mol. The first-order valence-electron chi connectivity index (χ1n) is 8.70. The number of para-hydroxylation sites is 1. The quantitative estimate of drug-likeness (QED) is 0.495. The predicted molar refractivity (Wildman–Crippen MR) is 109 cm³/mol. The molecule has 2 N–H and O–H groups in total. The highest BCUT2D eigenvalue weighted by Gasteiger charge is 2.08. The van der Waals surface area contributed by atoms with Crippen molar-refractivity contribution in [1.29, 1.82) is 0 Å². The standard InChI is InChI=1S/C22H18FN3O3/c1-29-20-5-3-2-4-17(20)14-24-26-22(28)16-8-12-19(13-9-16)25-21(27)15-6-10-18(23)11-7-15/h2-14H,1H3,(H,25,27)(H,26,28)/b24-14+. The Labute approximate surface area is 167 Å². The van der Waals surface area contributed by atoms with Crippen LogP contribution in [-0.4, -0.2) is 25.1 Å². The normalized spacial score (nSPS) is 10.6. The zero-order valence-corrected chi connectivity index (χ0v) is 15.6. The Hall–Kier alpha value is -4.00. The Morgan fingerprint density at radius 3 is 2.21 bits per heavy atom. The maximum absolute atomic E-state index is 12.9. The number of halogens is 1. The lowest BCUT2D eigenvalue weighted by molar-refractivity contribution is 0.0954. The van der Waals surface area contributed by atoms with Crippen LogP contribution in [0.4, 0.5) is 10.1 Å². The summed E-state index contributed by atoms with van der Waals surface area (Å²) in [6.45, 7) is 0. The summed E-state index contributed by atoms with van der Waals surface area (Å²) in [7, 11) is 1.56. The first kappa shape index (κ1) is 19.8. The van der Waals surface area contributed by atoms with Crippen LogP contribution in [0.5, 0.6) is 5.75 Å². The van der Waals surface area contributed by atoms with Crippen LogP contribution in [0.15, 0.2) is 77.9 Å². The molecule has 0 radical (unpaired) electrons. The van der Waals surface area contributed by atoms with E-state index >= 15 is 0 Å². The van der Waals surface area contributed by atoms with E-state index in [1.165, 1.54) is 30.5 Å². The van der Waals surface area contributed by atoms with Crippen LogP contribution in [0.25, 0.3) is 0 Å². The van der Waals surface area contributed by atoms with Gasteiger partial charge in [0.15, 0.2) is 0 Å². The molecule has 0 bridgehead atoms. The molecule has 146 valence electrons. The fraction of sp³-hybridized carbons (Fsp3) is 0.0455. The molecule has 0 fully saturated rings. The summed E-state index contributed by atoms with van der Waals surface area (Å²) in [6, 6.07) is 18.8. The molecule has 0 aliphatic carbocycles. The molecule has 3 aromatic carbocycles. The number of methoxy groups -OCH3 is 1. The van der Waals surface area contributed by atoms with Crippen molar-refractivity contribution in [2.24, 2.45) is 5.10 Å². The molecule has 0 saturated heterocycles. The molecule has 0 spiro atoms. The molecule has 0 atom stereocenters. The molecule has 0 aromatic heterocycles. The third-order valence-corrected chi connectivity index (χ3v) is 4.02. The van der Waals surface area contributed by atoms with Gasteiger partial charge in [0, 0.05) is 22.4 Å². The summed E-state index contributed by atoms with van der Waals surface area (Å²) in [5, 5.41) is 6.62. The van der Waals surface area contributed by atoms with Crippen LogP contribution in [0.2, 0.25) is 0 Å². The van der Waals surface area contributed by atoms with Crippen LogP contribution >= 0.6 is 0 Å². The second kappa shape index (κ2) is 9.27. The van der Waals surface area contributed by atoms with Gasteiger partial charge in [0.2, 0.25) is 0 Å². The molecule has 6 nitrogen and oxygen atoms in total. The number of rotatable bonds is 6. The van der Waals surface area contributed by atoms with Crippen molar-refractivity contribution in [2.45, 2.75) is 0 Å². The maximum atomic E-state index is 12.9. The van der Waals surface area contributed by atoms with Crippen molar-refractivity contribution in [1.82, 2.24) is 5.43 Å². The molecule has 0 unspecified atom stereocenters. The van der Waals surface area contributed by atoms with Crippen LogP contribution in [0, 0.1) is 5.82 Å². The van der Waals surface area contributed by atoms with E-state index in [9.17, 15) is 14.0 Å². The summed E-state index contributed by atoms with van der Waals surface area (Å²) in [6.07, 6.45) is 1.49. The number of ether oxygens (including phenoxy) is 1. The van der Waals surface area contributed by atoms with Gasteiger partial charge in [-0.2, -0.15) is 5.10 Å². The Balaban J connectivity index is 1.59. The van der Waals surface area contributed by atoms with Crippen LogP contribution in [-0.2, 0) is 0 Å². The highest BCUT2D eigenvalue weighted by molar-refractivity contribution is 6.04. The van der Waals surface area contributed by atoms with Gasteiger partial charge in [-0.1, -0.05) is 12.1 Å². The van der Waals surface area contributed by atoms with Gasteiger partial charge < -0.3 is 10.1 Å². The molecule has 2 amide bonds. The Bertz CT molecular complexity index is 1030. The predicted octanol–water partition coefficient (Wildman–Crippen LogP) is 3.85. The number of benzene rings is 3. The van der Waals surface area contributed by atoms with Crippen molar-refractivity contribution >= 4 is 23.7 Å². The summed E-state index contributed by atoms with van der Waals surface area (Å²) >= 11 is 0. The van der Waals surface area contributed by atoms with E-state index in [-0.39, 0.29) is 5.91 Å². The first-order chi connectivity index (χ1) is 14.1. The van der Waals surface area contributed by atoms with E-state index in [1.807, 2.05) is 18.2 Å². The SMILES string of the molecule is COc1ccccc1/C=N/NC(=O)c1ccc(NC(=O)c2ccc(F)cc2)cc1. The topological polar surface area (TPSA) is 79.8 Å². The average Bonchev–Trinajstić information content (AvgIpc) is 2.75. The molecule has 7 heteroatoms. The first-order valence-corrected chi connectivity index (χ1v) is 8.70.